The van der Waals surface area contributed by atoms with Gasteiger partial charge in [0.05, 0.1) is 19.3 Å². The van der Waals surface area contributed by atoms with Crippen molar-refractivity contribution in [1.29, 1.82) is 0 Å². The third-order valence-electron chi connectivity index (χ3n) is 2.77. The standard InChI is InChI=1S/C12H14N4O3/c1-7-10(18)3-2-8(11(7)19)15-9-6-14-16(4-5-17)12(9)13/h2-3,6,17,19H,4-5,13H2,1H3/b15-8+. The van der Waals surface area contributed by atoms with E-state index >= 15 is 0 Å². The van der Waals surface area contributed by atoms with Gasteiger partial charge in [-0.3, -0.25) is 4.79 Å². The zero-order valence-electron chi connectivity index (χ0n) is 10.4. The molecule has 2 rings (SSSR count). The lowest BCUT2D eigenvalue weighted by Gasteiger charge is -2.08. The van der Waals surface area contributed by atoms with E-state index in [0.717, 1.165) is 0 Å². The molecule has 0 radical (unpaired) electrons. The smallest absolute Gasteiger partial charge is 0.185 e. The van der Waals surface area contributed by atoms with Crippen molar-refractivity contribution in [1.82, 2.24) is 9.78 Å². The summed E-state index contributed by atoms with van der Waals surface area (Å²) in [7, 11) is 0. The molecule has 0 fully saturated rings. The predicted octanol–water partition coefficient (Wildman–Crippen LogP) is 0.501. The topological polar surface area (TPSA) is 114 Å². The number of carbonyl (C=O) groups excluding carboxylic acids is 1. The lowest BCUT2D eigenvalue weighted by atomic mass is 10.0. The Balaban J connectivity index is 2.37. The van der Waals surface area contributed by atoms with E-state index < -0.39 is 0 Å². The molecule has 0 unspecified atom stereocenters. The second-order valence-electron chi connectivity index (χ2n) is 4.03. The van der Waals surface area contributed by atoms with Crippen LogP contribution >= 0.6 is 0 Å². The maximum atomic E-state index is 11.3. The fraction of sp³-hybridized carbons (Fsp3) is 0.250. The number of aliphatic hydroxyl groups is 2. The molecule has 1 aliphatic carbocycles. The molecule has 0 saturated carbocycles. The summed E-state index contributed by atoms with van der Waals surface area (Å²) in [5.41, 5.74) is 6.68. The van der Waals surface area contributed by atoms with E-state index in [0.29, 0.717) is 5.69 Å². The highest BCUT2D eigenvalue weighted by atomic mass is 16.3. The van der Waals surface area contributed by atoms with Gasteiger partial charge in [-0.1, -0.05) is 0 Å². The van der Waals surface area contributed by atoms with Crippen molar-refractivity contribution in [2.45, 2.75) is 13.5 Å². The Hall–Kier alpha value is -2.41. The molecule has 7 nitrogen and oxygen atoms in total. The van der Waals surface area contributed by atoms with Crippen molar-refractivity contribution in [2.24, 2.45) is 4.99 Å². The van der Waals surface area contributed by atoms with Gasteiger partial charge in [0.25, 0.3) is 0 Å². The van der Waals surface area contributed by atoms with Crippen molar-refractivity contribution in [3.8, 4) is 0 Å². The zero-order chi connectivity index (χ0) is 14.0. The molecule has 0 aromatic carbocycles. The molecule has 0 saturated heterocycles. The van der Waals surface area contributed by atoms with Crippen molar-refractivity contribution >= 4 is 23.0 Å². The Morgan fingerprint density at radius 1 is 1.47 bits per heavy atom. The summed E-state index contributed by atoms with van der Waals surface area (Å²) in [6.45, 7) is 1.71. The first kappa shape index (κ1) is 13.0. The summed E-state index contributed by atoms with van der Waals surface area (Å²) in [4.78, 5) is 15.5. The Bertz CT molecular complexity index is 610. The molecule has 1 aliphatic rings. The van der Waals surface area contributed by atoms with Gasteiger partial charge in [-0.25, -0.2) is 9.67 Å². The molecule has 1 heterocycles. The van der Waals surface area contributed by atoms with Crippen molar-refractivity contribution in [3.05, 3.63) is 29.7 Å². The summed E-state index contributed by atoms with van der Waals surface area (Å²) < 4.78 is 1.41. The summed E-state index contributed by atoms with van der Waals surface area (Å²) in [5.74, 6) is -0.125. The molecule has 19 heavy (non-hydrogen) atoms. The van der Waals surface area contributed by atoms with Gasteiger partial charge >= 0.3 is 0 Å². The third-order valence-corrected chi connectivity index (χ3v) is 2.77. The molecule has 0 spiro atoms. The molecule has 7 heteroatoms. The number of nitrogen functional groups attached to an aromatic ring is 1. The van der Waals surface area contributed by atoms with Gasteiger partial charge in [0.15, 0.2) is 5.78 Å². The van der Waals surface area contributed by atoms with Gasteiger partial charge < -0.3 is 15.9 Å². The van der Waals surface area contributed by atoms with E-state index in [-0.39, 0.29) is 41.8 Å². The number of rotatable bonds is 3. The largest absolute Gasteiger partial charge is 0.505 e. The van der Waals surface area contributed by atoms with Gasteiger partial charge in [0.1, 0.15) is 23.0 Å². The molecule has 4 N–H and O–H groups in total. The van der Waals surface area contributed by atoms with Crippen LogP contribution in [0.25, 0.3) is 0 Å². The summed E-state index contributed by atoms with van der Waals surface area (Å²) in [6.07, 6.45) is 4.20. The Morgan fingerprint density at radius 3 is 2.89 bits per heavy atom. The van der Waals surface area contributed by atoms with Crippen LogP contribution in [0.1, 0.15) is 6.92 Å². The van der Waals surface area contributed by atoms with Gasteiger partial charge in [0.2, 0.25) is 0 Å². The molecule has 0 amide bonds. The van der Waals surface area contributed by atoms with E-state index in [1.54, 1.807) is 0 Å². The van der Waals surface area contributed by atoms with Crippen LogP contribution in [0.2, 0.25) is 0 Å². The predicted molar refractivity (Wildman–Crippen MR) is 70.3 cm³/mol. The normalized spacial score (nSPS) is 17.6. The fourth-order valence-corrected chi connectivity index (χ4v) is 1.63. The van der Waals surface area contributed by atoms with Crippen molar-refractivity contribution in [3.63, 3.8) is 0 Å². The highest BCUT2D eigenvalue weighted by Crippen LogP contribution is 2.23. The van der Waals surface area contributed by atoms with Gasteiger partial charge in [-0.15, -0.1) is 0 Å². The number of allylic oxidation sites excluding steroid dienone is 3. The SMILES string of the molecule is CC1=C(O)/C(=N/c2cnn(CCO)c2N)C=CC1=O. The Morgan fingerprint density at radius 2 is 2.21 bits per heavy atom. The van der Waals surface area contributed by atoms with Crippen LogP contribution in [0.4, 0.5) is 11.5 Å². The maximum Gasteiger partial charge on any atom is 0.185 e. The van der Waals surface area contributed by atoms with E-state index in [1.807, 2.05) is 0 Å². The maximum absolute atomic E-state index is 11.3. The van der Waals surface area contributed by atoms with Gasteiger partial charge in [-0.2, -0.15) is 5.10 Å². The van der Waals surface area contributed by atoms with Crippen LogP contribution < -0.4 is 5.73 Å². The molecular formula is C12H14N4O3. The fourth-order valence-electron chi connectivity index (χ4n) is 1.63. The number of hydrogen-bond acceptors (Lipinski definition) is 6. The van der Waals surface area contributed by atoms with Crippen LogP contribution in [0.15, 0.2) is 34.7 Å². The number of aliphatic hydroxyl groups excluding tert-OH is 2. The van der Waals surface area contributed by atoms with E-state index in [9.17, 15) is 9.90 Å². The number of nitrogens with two attached hydrogens (primary N) is 1. The Kier molecular flexibility index (Phi) is 3.48. The first-order valence-electron chi connectivity index (χ1n) is 5.68. The highest BCUT2D eigenvalue weighted by Gasteiger charge is 2.17. The number of aliphatic imine (C=N–C) groups is 1. The number of anilines is 1. The van der Waals surface area contributed by atoms with Crippen LogP contribution in [-0.2, 0) is 11.3 Å². The van der Waals surface area contributed by atoms with Gasteiger partial charge in [-0.05, 0) is 19.1 Å². The molecule has 1 aromatic heterocycles. The quantitative estimate of drug-likeness (QED) is 0.686. The number of carbonyl (C=O) groups is 1. The summed E-state index contributed by atoms with van der Waals surface area (Å²) >= 11 is 0. The highest BCUT2D eigenvalue weighted by molar-refractivity contribution is 6.21. The lowest BCUT2D eigenvalue weighted by molar-refractivity contribution is -0.111. The molecular weight excluding hydrogens is 248 g/mol. The molecule has 100 valence electrons. The van der Waals surface area contributed by atoms with Crippen LogP contribution in [-0.4, -0.2) is 38.1 Å². The molecule has 1 aromatic rings. The number of hydrogen-bond donors (Lipinski definition) is 3. The van der Waals surface area contributed by atoms with E-state index in [4.69, 9.17) is 10.8 Å². The minimum absolute atomic E-state index is 0.0828. The average molecular weight is 262 g/mol. The van der Waals surface area contributed by atoms with Crippen LogP contribution in [0.3, 0.4) is 0 Å². The number of nitrogens with zero attached hydrogens (tertiary/aromatic N) is 3. The summed E-state index contributed by atoms with van der Waals surface area (Å²) in [6, 6.07) is 0. The number of ketones is 1. The zero-order valence-corrected chi connectivity index (χ0v) is 10.4. The van der Waals surface area contributed by atoms with Crippen molar-refractivity contribution < 1.29 is 15.0 Å². The minimum atomic E-state index is -0.250. The van der Waals surface area contributed by atoms with Crippen LogP contribution in [0.5, 0.6) is 0 Å². The number of aromatic nitrogens is 2. The van der Waals surface area contributed by atoms with E-state index in [2.05, 4.69) is 10.1 Å². The molecule has 0 atom stereocenters. The molecule has 0 bridgehead atoms. The Labute approximate surface area is 109 Å². The van der Waals surface area contributed by atoms with E-state index in [1.165, 1.54) is 30.0 Å². The second-order valence-corrected chi connectivity index (χ2v) is 4.03. The monoisotopic (exact) mass is 262 g/mol. The first-order chi connectivity index (χ1) is 9.04. The average Bonchev–Trinajstić information content (AvgIpc) is 2.73. The van der Waals surface area contributed by atoms with Crippen molar-refractivity contribution in [2.75, 3.05) is 12.3 Å². The minimum Gasteiger partial charge on any atom is -0.505 e. The van der Waals surface area contributed by atoms with Gasteiger partial charge in [0, 0.05) is 5.57 Å². The van der Waals surface area contributed by atoms with Crippen LogP contribution in [0, 0.1) is 0 Å². The first-order valence-corrected chi connectivity index (χ1v) is 5.68. The summed E-state index contributed by atoms with van der Waals surface area (Å²) in [5, 5.41) is 22.6. The molecule has 0 aliphatic heterocycles. The lowest BCUT2D eigenvalue weighted by Crippen LogP contribution is -2.12. The second kappa shape index (κ2) is 5.07. The third kappa shape index (κ3) is 2.41.